The van der Waals surface area contributed by atoms with Crippen LogP contribution in [-0.2, 0) is 0 Å². The smallest absolute Gasteiger partial charge is 0.105 e. The molecule has 5 heteroatoms. The lowest BCUT2D eigenvalue weighted by Gasteiger charge is -2.28. The summed E-state index contributed by atoms with van der Waals surface area (Å²) >= 11 is 13.8. The maximum Gasteiger partial charge on any atom is 0.105 e. The summed E-state index contributed by atoms with van der Waals surface area (Å²) in [4.78, 5) is 0.955. The molecule has 0 amide bonds. The molecule has 0 spiro atoms. The van der Waals surface area contributed by atoms with Crippen molar-refractivity contribution in [3.63, 3.8) is 0 Å². The molecule has 0 radical (unpaired) electrons. The summed E-state index contributed by atoms with van der Waals surface area (Å²) < 4.78 is 0. The van der Waals surface area contributed by atoms with Gasteiger partial charge in [-0.25, -0.2) is 0 Å². The Morgan fingerprint density at radius 3 is 2.55 bits per heavy atom. The Morgan fingerprint density at radius 1 is 1.35 bits per heavy atom. The van der Waals surface area contributed by atoms with Gasteiger partial charge in [-0.05, 0) is 45.4 Å². The van der Waals surface area contributed by atoms with Crippen LogP contribution in [0.5, 0.6) is 0 Å². The van der Waals surface area contributed by atoms with Crippen molar-refractivity contribution < 1.29 is 0 Å². The van der Waals surface area contributed by atoms with Crippen molar-refractivity contribution in [3.8, 4) is 6.07 Å². The second-order valence-electron chi connectivity index (χ2n) is 5.45. The Bertz CT molecular complexity index is 499. The molecule has 0 fully saturated rings. The number of nitriles is 1. The molecule has 2 atom stereocenters. The predicted molar refractivity (Wildman–Crippen MR) is 88.7 cm³/mol. The Morgan fingerprint density at radius 2 is 2.00 bits per heavy atom. The van der Waals surface area contributed by atoms with Crippen molar-refractivity contribution in [2.24, 2.45) is 0 Å². The molecule has 0 aliphatic heterocycles. The van der Waals surface area contributed by atoms with E-state index in [-0.39, 0.29) is 11.3 Å². The molecular weight excluding hydrogens is 311 g/mol. The molecule has 1 N–H and O–H groups in total. The maximum absolute atomic E-state index is 9.38. The molecule has 1 aromatic carbocycles. The van der Waals surface area contributed by atoms with Crippen molar-refractivity contribution in [1.29, 1.82) is 5.26 Å². The van der Waals surface area contributed by atoms with Gasteiger partial charge in [0, 0.05) is 21.2 Å². The van der Waals surface area contributed by atoms with Crippen LogP contribution in [0.3, 0.4) is 0 Å². The lowest BCUT2D eigenvalue weighted by molar-refractivity contribution is 0.382. The summed E-state index contributed by atoms with van der Waals surface area (Å²) in [5.74, 6) is 0. The first-order chi connectivity index (χ1) is 9.25. The molecule has 0 aromatic heterocycles. The zero-order valence-corrected chi connectivity index (χ0v) is 14.5. The molecule has 0 saturated carbocycles. The average Bonchev–Trinajstić information content (AvgIpc) is 2.32. The molecule has 20 heavy (non-hydrogen) atoms. The van der Waals surface area contributed by atoms with Crippen LogP contribution in [0.4, 0.5) is 0 Å². The maximum atomic E-state index is 9.38. The minimum atomic E-state index is -0.536. The van der Waals surface area contributed by atoms with Crippen LogP contribution in [0, 0.1) is 11.3 Å². The van der Waals surface area contributed by atoms with Gasteiger partial charge in [0.2, 0.25) is 0 Å². The van der Waals surface area contributed by atoms with Crippen molar-refractivity contribution in [2.45, 2.75) is 55.8 Å². The molecule has 110 valence electrons. The third-order valence-corrected chi connectivity index (χ3v) is 4.61. The van der Waals surface area contributed by atoms with Gasteiger partial charge in [0.1, 0.15) is 5.54 Å². The average molecular weight is 331 g/mol. The largest absolute Gasteiger partial charge is 0.297 e. The lowest BCUT2D eigenvalue weighted by Crippen LogP contribution is -2.46. The van der Waals surface area contributed by atoms with Crippen molar-refractivity contribution in [3.05, 3.63) is 28.2 Å². The van der Waals surface area contributed by atoms with Crippen LogP contribution in [-0.4, -0.2) is 16.8 Å². The second-order valence-corrected chi connectivity index (χ2v) is 7.77. The summed E-state index contributed by atoms with van der Waals surface area (Å²) in [5.41, 5.74) is -0.536. The third-order valence-electron chi connectivity index (χ3n) is 2.77. The molecule has 0 aliphatic carbocycles. The summed E-state index contributed by atoms with van der Waals surface area (Å²) in [7, 11) is 0. The van der Waals surface area contributed by atoms with E-state index in [0.717, 1.165) is 11.3 Å². The summed E-state index contributed by atoms with van der Waals surface area (Å²) in [6.07, 6.45) is 0.731. The van der Waals surface area contributed by atoms with Crippen LogP contribution in [0.25, 0.3) is 0 Å². The van der Waals surface area contributed by atoms with E-state index >= 15 is 0 Å². The van der Waals surface area contributed by atoms with E-state index in [1.54, 1.807) is 23.9 Å². The normalized spacial score (nSPS) is 15.7. The number of nitrogens with zero attached hydrogens (tertiary/aromatic N) is 1. The quantitative estimate of drug-likeness (QED) is 0.733. The summed E-state index contributed by atoms with van der Waals surface area (Å²) in [6.45, 7) is 8.12. The molecular formula is C15H20Cl2N2S. The zero-order chi connectivity index (χ0) is 15.3. The van der Waals surface area contributed by atoms with E-state index < -0.39 is 5.54 Å². The molecule has 2 nitrogen and oxygen atoms in total. The number of nitrogens with one attached hydrogen (secondary N) is 1. The van der Waals surface area contributed by atoms with Gasteiger partial charge >= 0.3 is 0 Å². The van der Waals surface area contributed by atoms with Crippen molar-refractivity contribution in [2.75, 3.05) is 0 Å². The first-order valence-electron chi connectivity index (χ1n) is 6.56. The summed E-state index contributed by atoms with van der Waals surface area (Å²) in [5, 5.41) is 14.3. The van der Waals surface area contributed by atoms with Crippen molar-refractivity contribution >= 4 is 35.0 Å². The minimum Gasteiger partial charge on any atom is -0.297 e. The van der Waals surface area contributed by atoms with Gasteiger partial charge in [-0.15, -0.1) is 11.8 Å². The Labute approximate surface area is 135 Å². The van der Waals surface area contributed by atoms with Gasteiger partial charge in [0.05, 0.1) is 11.1 Å². The highest BCUT2D eigenvalue weighted by atomic mass is 35.5. The van der Waals surface area contributed by atoms with Gasteiger partial charge in [-0.1, -0.05) is 30.1 Å². The SMILES string of the molecule is CC(C)NC(C)(C#N)CC(C)Sc1cc(Cl)ccc1Cl. The molecule has 1 aromatic rings. The Hall–Kier alpha value is -0.400. The van der Waals surface area contributed by atoms with E-state index in [9.17, 15) is 5.26 Å². The summed E-state index contributed by atoms with van der Waals surface area (Å²) in [6, 6.07) is 8.08. The van der Waals surface area contributed by atoms with E-state index in [4.69, 9.17) is 23.2 Å². The number of hydrogen-bond acceptors (Lipinski definition) is 3. The van der Waals surface area contributed by atoms with E-state index in [1.807, 2.05) is 26.8 Å². The van der Waals surface area contributed by atoms with Crippen molar-refractivity contribution in [1.82, 2.24) is 5.32 Å². The lowest BCUT2D eigenvalue weighted by atomic mass is 9.97. The molecule has 1 rings (SSSR count). The number of benzene rings is 1. The molecule has 0 bridgehead atoms. The Kier molecular flexibility index (Phi) is 6.68. The highest BCUT2D eigenvalue weighted by molar-refractivity contribution is 8.00. The van der Waals surface area contributed by atoms with Gasteiger partial charge in [-0.2, -0.15) is 5.26 Å². The fourth-order valence-electron chi connectivity index (χ4n) is 2.17. The standard InChI is InChI=1S/C15H20Cl2N2S/c1-10(2)19-15(4,9-18)8-11(3)20-14-7-12(16)5-6-13(14)17/h5-7,10-11,19H,8H2,1-4H3. The zero-order valence-electron chi connectivity index (χ0n) is 12.2. The second kappa shape index (κ2) is 7.56. The van der Waals surface area contributed by atoms with Crippen LogP contribution in [0.2, 0.25) is 10.0 Å². The third kappa shape index (κ3) is 5.54. The van der Waals surface area contributed by atoms with Gasteiger partial charge < -0.3 is 0 Å². The predicted octanol–water partition coefficient (Wildman–Crippen LogP) is 5.14. The number of thioether (sulfide) groups is 1. The van der Waals surface area contributed by atoms with Gasteiger partial charge in [0.25, 0.3) is 0 Å². The van der Waals surface area contributed by atoms with E-state index in [1.165, 1.54) is 0 Å². The van der Waals surface area contributed by atoms with Crippen LogP contribution in [0.15, 0.2) is 23.1 Å². The van der Waals surface area contributed by atoms with Gasteiger partial charge in [-0.3, -0.25) is 5.32 Å². The first-order valence-corrected chi connectivity index (χ1v) is 8.20. The topological polar surface area (TPSA) is 35.8 Å². The highest BCUT2D eigenvalue weighted by Crippen LogP contribution is 2.35. The fourth-order valence-corrected chi connectivity index (χ4v) is 3.89. The molecule has 0 saturated heterocycles. The highest BCUT2D eigenvalue weighted by Gasteiger charge is 2.27. The van der Waals surface area contributed by atoms with Gasteiger partial charge in [0.15, 0.2) is 0 Å². The minimum absolute atomic E-state index is 0.252. The van der Waals surface area contributed by atoms with E-state index in [2.05, 4.69) is 18.3 Å². The number of rotatable bonds is 6. The van der Waals surface area contributed by atoms with Crippen LogP contribution in [0.1, 0.15) is 34.1 Å². The van der Waals surface area contributed by atoms with Crippen LogP contribution < -0.4 is 5.32 Å². The fraction of sp³-hybridized carbons (Fsp3) is 0.533. The molecule has 0 heterocycles. The van der Waals surface area contributed by atoms with Crippen LogP contribution >= 0.6 is 35.0 Å². The number of halogens is 2. The van der Waals surface area contributed by atoms with E-state index in [0.29, 0.717) is 10.0 Å². The first kappa shape index (κ1) is 17.7. The molecule has 2 unspecified atom stereocenters. The Balaban J connectivity index is 2.74. The number of hydrogen-bond donors (Lipinski definition) is 1. The monoisotopic (exact) mass is 330 g/mol. The molecule has 0 aliphatic rings.